The lowest BCUT2D eigenvalue weighted by molar-refractivity contribution is 0.0664. The van der Waals surface area contributed by atoms with Crippen molar-refractivity contribution < 1.29 is 29.0 Å². The number of methoxy groups -OCH3 is 1. The van der Waals surface area contributed by atoms with Crippen LogP contribution in [0.15, 0.2) is 66.4 Å². The molecular weight excluding hydrogens is 574 g/mol. The lowest BCUT2D eigenvalue weighted by atomic mass is 10.1. The van der Waals surface area contributed by atoms with Crippen molar-refractivity contribution in [3.8, 4) is 11.5 Å². The molecule has 2 aliphatic rings. The van der Waals surface area contributed by atoms with Crippen LogP contribution in [0.2, 0.25) is 0 Å². The molecular formula is C34H35N5O6. The first kappa shape index (κ1) is 29.9. The number of aliphatic hydroxyl groups is 1. The number of piperazine rings is 1. The average molecular weight is 610 g/mol. The first-order valence-electron chi connectivity index (χ1n) is 14.8. The number of urea groups is 1. The Morgan fingerprint density at radius 1 is 0.978 bits per heavy atom. The quantitative estimate of drug-likeness (QED) is 0.262. The van der Waals surface area contributed by atoms with Crippen molar-refractivity contribution in [3.05, 3.63) is 88.8 Å². The van der Waals surface area contributed by atoms with Crippen LogP contribution in [0, 0.1) is 6.92 Å². The van der Waals surface area contributed by atoms with E-state index in [-0.39, 0.29) is 24.1 Å². The molecule has 0 aliphatic carbocycles. The summed E-state index contributed by atoms with van der Waals surface area (Å²) < 4.78 is 13.4. The van der Waals surface area contributed by atoms with E-state index in [0.29, 0.717) is 53.6 Å². The van der Waals surface area contributed by atoms with Crippen LogP contribution in [0.5, 0.6) is 11.5 Å². The van der Waals surface area contributed by atoms with E-state index in [2.05, 4.69) is 15.5 Å². The van der Waals surface area contributed by atoms with Crippen LogP contribution in [-0.2, 0) is 6.54 Å². The summed E-state index contributed by atoms with van der Waals surface area (Å²) in [6.07, 6.45) is 1.71. The minimum atomic E-state index is -0.489. The summed E-state index contributed by atoms with van der Waals surface area (Å²) in [5.41, 5.74) is 4.43. The van der Waals surface area contributed by atoms with Gasteiger partial charge in [-0.15, -0.1) is 0 Å². The Morgan fingerprint density at radius 3 is 2.40 bits per heavy atom. The maximum Gasteiger partial charge on any atom is 0.323 e. The van der Waals surface area contributed by atoms with Crippen molar-refractivity contribution in [3.63, 3.8) is 0 Å². The number of ether oxygens (including phenoxy) is 2. The number of ketones is 1. The maximum atomic E-state index is 13.4. The molecule has 0 spiro atoms. The van der Waals surface area contributed by atoms with Gasteiger partial charge in [-0.1, -0.05) is 0 Å². The number of nitrogens with zero attached hydrogens (tertiary/aromatic N) is 3. The number of hydrogen-bond acceptors (Lipinski definition) is 7. The van der Waals surface area contributed by atoms with E-state index in [1.54, 1.807) is 55.7 Å². The van der Waals surface area contributed by atoms with Crippen molar-refractivity contribution in [1.29, 1.82) is 0 Å². The van der Waals surface area contributed by atoms with Gasteiger partial charge in [0.1, 0.15) is 11.5 Å². The Kier molecular flexibility index (Phi) is 8.29. The van der Waals surface area contributed by atoms with Crippen molar-refractivity contribution in [2.75, 3.05) is 57.6 Å². The molecule has 4 aromatic rings. The van der Waals surface area contributed by atoms with E-state index in [4.69, 9.17) is 9.47 Å². The number of amides is 3. The predicted molar refractivity (Wildman–Crippen MR) is 172 cm³/mol. The summed E-state index contributed by atoms with van der Waals surface area (Å²) in [5.74, 6) is 0.900. The van der Waals surface area contributed by atoms with E-state index in [1.165, 1.54) is 0 Å². The highest BCUT2D eigenvalue weighted by Gasteiger charge is 2.29. The topological polar surface area (TPSA) is 125 Å². The molecule has 11 heteroatoms. The smallest absolute Gasteiger partial charge is 0.323 e. The number of anilines is 2. The number of rotatable bonds is 7. The zero-order chi connectivity index (χ0) is 31.7. The summed E-state index contributed by atoms with van der Waals surface area (Å²) in [5, 5.41) is 16.0. The first-order valence-corrected chi connectivity index (χ1v) is 14.8. The molecule has 3 N–H and O–H groups in total. The maximum absolute atomic E-state index is 13.4. The molecule has 2 aliphatic heterocycles. The van der Waals surface area contributed by atoms with Crippen molar-refractivity contribution in [1.82, 2.24) is 14.4 Å². The van der Waals surface area contributed by atoms with Gasteiger partial charge in [0.05, 0.1) is 19.3 Å². The molecule has 0 radical (unpaired) electrons. The Bertz CT molecular complexity index is 1820. The van der Waals surface area contributed by atoms with Crippen LogP contribution in [0.1, 0.15) is 32.0 Å². The summed E-state index contributed by atoms with van der Waals surface area (Å²) >= 11 is 0. The minimum absolute atomic E-state index is 0.0247. The van der Waals surface area contributed by atoms with Crippen LogP contribution < -0.4 is 20.1 Å². The third kappa shape index (κ3) is 6.00. The number of fused-ring (bicyclic) bond motifs is 2. The van der Waals surface area contributed by atoms with Gasteiger partial charge in [0.15, 0.2) is 5.76 Å². The van der Waals surface area contributed by atoms with E-state index in [1.807, 2.05) is 41.6 Å². The molecule has 3 aromatic carbocycles. The SMILES string of the molecule is COc1ccc2c(c1)c(/C=C1\Oc3ccc(NC(=O)Nc4ccc(C(=O)N5CCN(C)CC5)cc4)cc3C1=O)c(C)n2CCO. The van der Waals surface area contributed by atoms with E-state index in [9.17, 15) is 19.5 Å². The number of nitrogens with one attached hydrogen (secondary N) is 2. The van der Waals surface area contributed by atoms with Crippen LogP contribution in [0.4, 0.5) is 16.2 Å². The molecule has 6 rings (SSSR count). The van der Waals surface area contributed by atoms with Crippen LogP contribution in [0.3, 0.4) is 0 Å². The van der Waals surface area contributed by atoms with Gasteiger partial charge >= 0.3 is 6.03 Å². The Morgan fingerprint density at radius 2 is 1.69 bits per heavy atom. The zero-order valence-corrected chi connectivity index (χ0v) is 25.4. The highest BCUT2D eigenvalue weighted by molar-refractivity contribution is 6.16. The third-order valence-electron chi connectivity index (χ3n) is 8.28. The van der Waals surface area contributed by atoms with Gasteiger partial charge in [0.2, 0.25) is 5.78 Å². The highest BCUT2D eigenvalue weighted by atomic mass is 16.5. The van der Waals surface area contributed by atoms with Crippen LogP contribution >= 0.6 is 0 Å². The van der Waals surface area contributed by atoms with Gasteiger partial charge in [-0.25, -0.2) is 4.79 Å². The van der Waals surface area contributed by atoms with Gasteiger partial charge in [0, 0.05) is 71.8 Å². The van der Waals surface area contributed by atoms with Crippen molar-refractivity contribution in [2.24, 2.45) is 0 Å². The number of hydrogen-bond donors (Lipinski definition) is 3. The number of likely N-dealkylation sites (N-methyl/N-ethyl adjacent to an activating group) is 1. The molecule has 45 heavy (non-hydrogen) atoms. The second-order valence-electron chi connectivity index (χ2n) is 11.2. The number of aliphatic hydroxyl groups excluding tert-OH is 1. The molecule has 1 saturated heterocycles. The molecule has 232 valence electrons. The fourth-order valence-electron chi connectivity index (χ4n) is 5.76. The Hall–Kier alpha value is -5.13. The molecule has 3 heterocycles. The highest BCUT2D eigenvalue weighted by Crippen LogP contribution is 2.37. The zero-order valence-electron chi connectivity index (χ0n) is 25.4. The average Bonchev–Trinajstić information content (AvgIpc) is 3.49. The molecule has 0 unspecified atom stereocenters. The molecule has 0 bridgehead atoms. The largest absolute Gasteiger partial charge is 0.497 e. The summed E-state index contributed by atoms with van der Waals surface area (Å²) in [7, 11) is 3.63. The van der Waals surface area contributed by atoms with Gasteiger partial charge in [-0.3, -0.25) is 9.59 Å². The van der Waals surface area contributed by atoms with Gasteiger partial charge in [-0.05, 0) is 80.7 Å². The van der Waals surface area contributed by atoms with Gasteiger partial charge in [-0.2, -0.15) is 0 Å². The second kappa shape index (κ2) is 12.5. The fourth-order valence-corrected chi connectivity index (χ4v) is 5.76. The van der Waals surface area contributed by atoms with Gasteiger partial charge < -0.3 is 39.6 Å². The first-order chi connectivity index (χ1) is 21.7. The summed E-state index contributed by atoms with van der Waals surface area (Å²) in [4.78, 5) is 43.0. The van der Waals surface area contributed by atoms with E-state index >= 15 is 0 Å². The lowest BCUT2D eigenvalue weighted by Gasteiger charge is -2.32. The number of carbonyl (C=O) groups excluding carboxylic acids is 3. The Balaban J connectivity index is 1.15. The van der Waals surface area contributed by atoms with E-state index < -0.39 is 6.03 Å². The molecule has 1 fully saturated rings. The number of carbonyl (C=O) groups is 3. The number of benzene rings is 3. The van der Waals surface area contributed by atoms with Crippen molar-refractivity contribution in [2.45, 2.75) is 13.5 Å². The molecule has 11 nitrogen and oxygen atoms in total. The lowest BCUT2D eigenvalue weighted by Crippen LogP contribution is -2.47. The second-order valence-corrected chi connectivity index (χ2v) is 11.2. The van der Waals surface area contributed by atoms with E-state index in [0.717, 1.165) is 35.2 Å². The summed E-state index contributed by atoms with van der Waals surface area (Å²) in [6.45, 7) is 5.37. The third-order valence-corrected chi connectivity index (χ3v) is 8.28. The Labute approximate surface area is 260 Å². The predicted octanol–water partition coefficient (Wildman–Crippen LogP) is 4.60. The van der Waals surface area contributed by atoms with Crippen LogP contribution in [-0.4, -0.2) is 84.1 Å². The van der Waals surface area contributed by atoms with Crippen LogP contribution in [0.25, 0.3) is 17.0 Å². The fraction of sp³-hybridized carbons (Fsp3) is 0.265. The molecule has 0 saturated carbocycles. The standard InChI is InChI=1S/C34H35N5O6/c1-21-26(27-19-25(44-3)9-10-29(27)39(21)16-17-40)20-31-32(41)28-18-24(8-11-30(28)45-31)36-34(43)35-23-6-4-22(5-7-23)33(42)38-14-12-37(2)13-15-38/h4-11,18-20,40H,12-17H2,1-3H3,(H2,35,36,43)/b31-20-. The minimum Gasteiger partial charge on any atom is -0.497 e. The number of allylic oxidation sites excluding steroid dienone is 1. The molecule has 1 aromatic heterocycles. The molecule has 3 amide bonds. The summed E-state index contributed by atoms with van der Waals surface area (Å²) in [6, 6.07) is 16.9. The monoisotopic (exact) mass is 609 g/mol. The number of aromatic nitrogens is 1. The number of Topliss-reactive ketones (excluding diaryl/α,β-unsaturated/α-hetero) is 1. The van der Waals surface area contributed by atoms with Gasteiger partial charge in [0.25, 0.3) is 5.91 Å². The van der Waals surface area contributed by atoms with Crippen molar-refractivity contribution >= 4 is 46.1 Å². The normalized spacial score (nSPS) is 15.7. The molecule has 0 atom stereocenters.